The first kappa shape index (κ1) is 19.2. The summed E-state index contributed by atoms with van der Waals surface area (Å²) in [5.41, 5.74) is 4.44. The highest BCUT2D eigenvalue weighted by Gasteiger charge is 2.22. The van der Waals surface area contributed by atoms with Crippen LogP contribution in [0.5, 0.6) is 23.0 Å². The summed E-state index contributed by atoms with van der Waals surface area (Å²) in [6.45, 7) is 3.73. The third-order valence-electron chi connectivity index (χ3n) is 5.55. The first-order chi connectivity index (χ1) is 14.1. The number of aromatic nitrogens is 1. The molecular weight excluding hydrogens is 368 g/mol. The second-order valence-electron chi connectivity index (χ2n) is 7.14. The molecule has 0 spiro atoms. The maximum absolute atomic E-state index is 5.57. The standard InChI is InChI=1S/C23H26N2O4/c1-14-10-21(24-23-18(27-3)7-6-17(26-2)22(14)23)25-9-8-15-11-19(28-4)20(29-5)12-16(15)13-25/h6-7,10-12H,8-9,13H2,1-5H3. The zero-order valence-corrected chi connectivity index (χ0v) is 17.5. The van der Waals surface area contributed by atoms with Gasteiger partial charge < -0.3 is 23.8 Å². The van der Waals surface area contributed by atoms with Crippen LogP contribution in [0.1, 0.15) is 16.7 Å². The van der Waals surface area contributed by atoms with Crippen molar-refractivity contribution in [3.63, 3.8) is 0 Å². The van der Waals surface area contributed by atoms with Gasteiger partial charge in [-0.05, 0) is 60.4 Å². The molecule has 0 bridgehead atoms. The number of pyridine rings is 1. The van der Waals surface area contributed by atoms with Crippen LogP contribution in [0.25, 0.3) is 10.9 Å². The van der Waals surface area contributed by atoms with Gasteiger partial charge in [0.15, 0.2) is 11.5 Å². The van der Waals surface area contributed by atoms with Gasteiger partial charge in [0.2, 0.25) is 0 Å². The van der Waals surface area contributed by atoms with E-state index in [0.717, 1.165) is 64.8 Å². The van der Waals surface area contributed by atoms with Gasteiger partial charge in [-0.15, -0.1) is 0 Å². The molecule has 3 aromatic rings. The Bertz CT molecular complexity index is 1060. The average Bonchev–Trinajstić information content (AvgIpc) is 2.76. The van der Waals surface area contributed by atoms with E-state index in [1.54, 1.807) is 28.4 Å². The summed E-state index contributed by atoms with van der Waals surface area (Å²) in [6.07, 6.45) is 0.920. The van der Waals surface area contributed by atoms with E-state index in [4.69, 9.17) is 23.9 Å². The van der Waals surface area contributed by atoms with Crippen LogP contribution in [-0.4, -0.2) is 40.0 Å². The Hall–Kier alpha value is -3.15. The number of ether oxygens (including phenoxy) is 4. The SMILES string of the molecule is COc1cc2c(cc1OC)CN(c1cc(C)c3c(OC)ccc(OC)c3n1)CC2. The van der Waals surface area contributed by atoms with E-state index in [1.807, 2.05) is 12.1 Å². The second kappa shape index (κ2) is 7.70. The minimum Gasteiger partial charge on any atom is -0.496 e. The first-order valence-corrected chi connectivity index (χ1v) is 9.60. The molecule has 0 amide bonds. The molecule has 0 aliphatic carbocycles. The minimum absolute atomic E-state index is 0.745. The highest BCUT2D eigenvalue weighted by Crippen LogP contribution is 2.38. The topological polar surface area (TPSA) is 53.1 Å². The van der Waals surface area contributed by atoms with E-state index in [9.17, 15) is 0 Å². The molecular formula is C23H26N2O4. The molecule has 0 N–H and O–H groups in total. The highest BCUT2D eigenvalue weighted by atomic mass is 16.5. The monoisotopic (exact) mass is 394 g/mol. The van der Waals surface area contributed by atoms with Crippen LogP contribution in [-0.2, 0) is 13.0 Å². The van der Waals surface area contributed by atoms with Crippen molar-refractivity contribution in [1.29, 1.82) is 0 Å². The minimum atomic E-state index is 0.745. The zero-order valence-electron chi connectivity index (χ0n) is 17.5. The fourth-order valence-electron chi connectivity index (χ4n) is 4.03. The third kappa shape index (κ3) is 3.28. The number of benzene rings is 2. The molecule has 29 heavy (non-hydrogen) atoms. The Labute approximate surface area is 171 Å². The summed E-state index contributed by atoms with van der Waals surface area (Å²) in [5.74, 6) is 4.01. The summed E-state index contributed by atoms with van der Waals surface area (Å²) in [4.78, 5) is 7.24. The largest absolute Gasteiger partial charge is 0.496 e. The van der Waals surface area contributed by atoms with Crippen molar-refractivity contribution < 1.29 is 18.9 Å². The molecule has 0 saturated heterocycles. The lowest BCUT2D eigenvalue weighted by Crippen LogP contribution is -2.31. The Morgan fingerprint density at radius 1 is 0.793 bits per heavy atom. The van der Waals surface area contributed by atoms with Gasteiger partial charge in [-0.3, -0.25) is 0 Å². The van der Waals surface area contributed by atoms with E-state index in [2.05, 4.69) is 30.0 Å². The molecule has 6 heteroatoms. The molecule has 0 saturated carbocycles. The predicted molar refractivity (Wildman–Crippen MR) is 114 cm³/mol. The van der Waals surface area contributed by atoms with Crippen molar-refractivity contribution in [2.45, 2.75) is 19.9 Å². The summed E-state index contributed by atoms with van der Waals surface area (Å²) in [5, 5.41) is 0.986. The molecule has 152 valence electrons. The number of hydrogen-bond acceptors (Lipinski definition) is 6. The van der Waals surface area contributed by atoms with E-state index in [1.165, 1.54) is 11.1 Å². The van der Waals surface area contributed by atoms with Crippen molar-refractivity contribution in [3.05, 3.63) is 47.0 Å². The van der Waals surface area contributed by atoms with E-state index in [-0.39, 0.29) is 0 Å². The number of aryl methyl sites for hydroxylation is 1. The molecule has 2 heterocycles. The molecule has 0 atom stereocenters. The summed E-state index contributed by atoms with van der Waals surface area (Å²) >= 11 is 0. The van der Waals surface area contributed by atoms with Gasteiger partial charge in [0.1, 0.15) is 22.8 Å². The van der Waals surface area contributed by atoms with Gasteiger partial charge in [0.25, 0.3) is 0 Å². The predicted octanol–water partition coefficient (Wildman–Crippen LogP) is 4.14. The van der Waals surface area contributed by atoms with Gasteiger partial charge >= 0.3 is 0 Å². The van der Waals surface area contributed by atoms with Gasteiger partial charge in [0.05, 0.1) is 28.4 Å². The molecule has 1 aliphatic heterocycles. The third-order valence-corrected chi connectivity index (χ3v) is 5.55. The highest BCUT2D eigenvalue weighted by molar-refractivity contribution is 5.94. The van der Waals surface area contributed by atoms with Crippen molar-refractivity contribution in [3.8, 4) is 23.0 Å². The maximum Gasteiger partial charge on any atom is 0.161 e. The van der Waals surface area contributed by atoms with Crippen molar-refractivity contribution in [2.24, 2.45) is 0 Å². The lowest BCUT2D eigenvalue weighted by Gasteiger charge is -2.31. The van der Waals surface area contributed by atoms with E-state index in [0.29, 0.717) is 0 Å². The van der Waals surface area contributed by atoms with E-state index < -0.39 is 0 Å². The quantitative estimate of drug-likeness (QED) is 0.648. The molecule has 1 aliphatic rings. The first-order valence-electron chi connectivity index (χ1n) is 9.60. The lowest BCUT2D eigenvalue weighted by atomic mass is 9.98. The zero-order chi connectivity index (χ0) is 20.5. The van der Waals surface area contributed by atoms with Gasteiger partial charge in [-0.25, -0.2) is 4.98 Å². The smallest absolute Gasteiger partial charge is 0.161 e. The van der Waals surface area contributed by atoms with Crippen molar-refractivity contribution in [1.82, 2.24) is 4.98 Å². The fraction of sp³-hybridized carbons (Fsp3) is 0.348. The number of hydrogen-bond donors (Lipinski definition) is 0. The summed E-state index contributed by atoms with van der Waals surface area (Å²) < 4.78 is 22.1. The Balaban J connectivity index is 1.76. The number of nitrogens with zero attached hydrogens (tertiary/aromatic N) is 2. The second-order valence-corrected chi connectivity index (χ2v) is 7.14. The van der Waals surface area contributed by atoms with Gasteiger partial charge in [-0.1, -0.05) is 0 Å². The number of anilines is 1. The van der Waals surface area contributed by atoms with Crippen LogP contribution in [0.3, 0.4) is 0 Å². The summed E-state index contributed by atoms with van der Waals surface area (Å²) in [7, 11) is 6.68. The fourth-order valence-corrected chi connectivity index (χ4v) is 4.03. The molecule has 0 fully saturated rings. The summed E-state index contributed by atoms with van der Waals surface area (Å²) in [6, 6.07) is 10.1. The number of methoxy groups -OCH3 is 4. The van der Waals surface area contributed by atoms with Crippen LogP contribution in [0.2, 0.25) is 0 Å². The number of rotatable bonds is 5. The number of fused-ring (bicyclic) bond motifs is 2. The molecule has 0 radical (unpaired) electrons. The average molecular weight is 394 g/mol. The van der Waals surface area contributed by atoms with Crippen LogP contribution in [0.4, 0.5) is 5.82 Å². The molecule has 0 unspecified atom stereocenters. The van der Waals surface area contributed by atoms with Crippen molar-refractivity contribution >= 4 is 16.7 Å². The van der Waals surface area contributed by atoms with Crippen molar-refractivity contribution in [2.75, 3.05) is 39.9 Å². The van der Waals surface area contributed by atoms with Crippen LogP contribution < -0.4 is 23.8 Å². The maximum atomic E-state index is 5.57. The lowest BCUT2D eigenvalue weighted by molar-refractivity contribution is 0.353. The van der Waals surface area contributed by atoms with Crippen LogP contribution in [0.15, 0.2) is 30.3 Å². The van der Waals surface area contributed by atoms with Crippen LogP contribution in [0, 0.1) is 6.92 Å². The van der Waals surface area contributed by atoms with E-state index >= 15 is 0 Å². The Kier molecular flexibility index (Phi) is 5.09. The van der Waals surface area contributed by atoms with Gasteiger partial charge in [-0.2, -0.15) is 0 Å². The molecule has 2 aromatic carbocycles. The Morgan fingerprint density at radius 3 is 2.07 bits per heavy atom. The van der Waals surface area contributed by atoms with Crippen LogP contribution >= 0.6 is 0 Å². The normalized spacial score (nSPS) is 13.2. The molecule has 6 nitrogen and oxygen atoms in total. The van der Waals surface area contributed by atoms with Gasteiger partial charge in [0, 0.05) is 18.5 Å². The molecule has 4 rings (SSSR count). The molecule has 1 aromatic heterocycles. The Morgan fingerprint density at radius 2 is 1.41 bits per heavy atom.